The molecule has 0 aliphatic heterocycles. The summed E-state index contributed by atoms with van der Waals surface area (Å²) in [6.07, 6.45) is 1.66. The van der Waals surface area contributed by atoms with E-state index in [1.54, 1.807) is 38.0 Å². The van der Waals surface area contributed by atoms with E-state index in [1.165, 1.54) is 4.31 Å². The molecule has 2 rings (SSSR count). The maximum Gasteiger partial charge on any atom is 0.243 e. The zero-order valence-electron chi connectivity index (χ0n) is 12.5. The molecule has 7 heteroatoms. The highest BCUT2D eigenvalue weighted by Crippen LogP contribution is 2.23. The van der Waals surface area contributed by atoms with Crippen molar-refractivity contribution in [2.24, 2.45) is 7.05 Å². The van der Waals surface area contributed by atoms with Gasteiger partial charge < -0.3 is 0 Å². The van der Waals surface area contributed by atoms with Gasteiger partial charge in [0.15, 0.2) is 0 Å². The van der Waals surface area contributed by atoms with Crippen molar-refractivity contribution in [2.45, 2.75) is 25.3 Å². The number of rotatable bonds is 4. The zero-order chi connectivity index (χ0) is 15.8. The van der Waals surface area contributed by atoms with Gasteiger partial charge in [-0.1, -0.05) is 12.1 Å². The average Bonchev–Trinajstić information content (AvgIpc) is 2.73. The quantitative estimate of drug-likeness (QED) is 0.829. The molecule has 0 saturated carbocycles. The first-order valence-electron chi connectivity index (χ1n) is 6.43. The first kappa shape index (κ1) is 16.2. The Hall–Kier alpha value is -1.18. The Labute approximate surface area is 133 Å². The van der Waals surface area contributed by atoms with Crippen molar-refractivity contribution in [1.29, 1.82) is 0 Å². The van der Waals surface area contributed by atoms with Crippen LogP contribution in [0.25, 0.3) is 0 Å². The van der Waals surface area contributed by atoms with Crippen LogP contribution in [0.1, 0.15) is 16.8 Å². The zero-order valence-corrected chi connectivity index (χ0v) is 14.9. The minimum Gasteiger partial charge on any atom is -0.270 e. The number of hydrogen-bond acceptors (Lipinski definition) is 3. The molecule has 5 nitrogen and oxygen atoms in total. The van der Waals surface area contributed by atoms with E-state index in [2.05, 4.69) is 21.0 Å². The molecule has 0 aliphatic rings. The van der Waals surface area contributed by atoms with Crippen LogP contribution < -0.4 is 0 Å². The summed E-state index contributed by atoms with van der Waals surface area (Å²) in [6.45, 7) is 3.95. The molecule has 1 aromatic heterocycles. The lowest BCUT2D eigenvalue weighted by Crippen LogP contribution is -2.28. The van der Waals surface area contributed by atoms with Gasteiger partial charge in [-0.3, -0.25) is 4.68 Å². The Bertz CT molecular complexity index is 749. The lowest BCUT2D eigenvalue weighted by atomic mass is 10.2. The molecule has 0 unspecified atom stereocenters. The molecule has 0 atom stereocenters. The minimum atomic E-state index is -3.53. The molecule has 21 heavy (non-hydrogen) atoms. The van der Waals surface area contributed by atoms with Crippen molar-refractivity contribution in [2.75, 3.05) is 7.05 Å². The second-order valence-corrected chi connectivity index (χ2v) is 7.96. The number of halogens is 1. The maximum atomic E-state index is 12.7. The number of aryl methyl sites for hydroxylation is 3. The average molecular weight is 372 g/mol. The number of sulfonamides is 1. The van der Waals surface area contributed by atoms with Gasteiger partial charge in [0.05, 0.1) is 27.8 Å². The second-order valence-electron chi connectivity index (χ2n) is 5.09. The van der Waals surface area contributed by atoms with E-state index in [-0.39, 0.29) is 6.54 Å². The Morgan fingerprint density at radius 2 is 2.00 bits per heavy atom. The molecule has 1 heterocycles. The Kier molecular flexibility index (Phi) is 4.55. The van der Waals surface area contributed by atoms with Gasteiger partial charge in [-0.2, -0.15) is 9.40 Å². The fourth-order valence-corrected chi connectivity index (χ4v) is 3.97. The molecule has 0 bridgehead atoms. The summed E-state index contributed by atoms with van der Waals surface area (Å²) < 4.78 is 29.3. The highest BCUT2D eigenvalue weighted by Gasteiger charge is 2.24. The van der Waals surface area contributed by atoms with Crippen molar-refractivity contribution in [3.63, 3.8) is 0 Å². The van der Waals surface area contributed by atoms with Crippen LogP contribution in [0.3, 0.4) is 0 Å². The number of benzene rings is 1. The van der Waals surface area contributed by atoms with Crippen LogP contribution in [0.4, 0.5) is 0 Å². The van der Waals surface area contributed by atoms with Crippen LogP contribution in [0.5, 0.6) is 0 Å². The highest BCUT2D eigenvalue weighted by atomic mass is 79.9. The van der Waals surface area contributed by atoms with Crippen LogP contribution in [0.2, 0.25) is 0 Å². The van der Waals surface area contributed by atoms with Crippen molar-refractivity contribution in [3.8, 4) is 0 Å². The second kappa shape index (κ2) is 5.90. The minimum absolute atomic E-state index is 0.257. The monoisotopic (exact) mass is 371 g/mol. The van der Waals surface area contributed by atoms with E-state index in [9.17, 15) is 8.42 Å². The van der Waals surface area contributed by atoms with Gasteiger partial charge in [0.1, 0.15) is 0 Å². The van der Waals surface area contributed by atoms with Crippen LogP contribution in [0.15, 0.2) is 33.8 Å². The van der Waals surface area contributed by atoms with E-state index in [4.69, 9.17) is 0 Å². The largest absolute Gasteiger partial charge is 0.270 e. The molecule has 0 N–H and O–H groups in total. The predicted molar refractivity (Wildman–Crippen MR) is 85.5 cm³/mol. The topological polar surface area (TPSA) is 55.2 Å². The SMILES string of the molecule is Cc1ccc(C)c(S(=O)(=O)N(C)Cc2c(Br)cnn2C)c1. The molecule has 114 valence electrons. The third-order valence-electron chi connectivity index (χ3n) is 3.41. The van der Waals surface area contributed by atoms with Crippen LogP contribution >= 0.6 is 15.9 Å². The fourth-order valence-electron chi connectivity index (χ4n) is 2.06. The molecular formula is C14H18BrN3O2S. The molecular weight excluding hydrogens is 354 g/mol. The van der Waals surface area contributed by atoms with Gasteiger partial charge in [0, 0.05) is 14.1 Å². The maximum absolute atomic E-state index is 12.7. The summed E-state index contributed by atoms with van der Waals surface area (Å²) in [5, 5.41) is 4.10. The Morgan fingerprint density at radius 3 is 2.57 bits per heavy atom. The fraction of sp³-hybridized carbons (Fsp3) is 0.357. The van der Waals surface area contributed by atoms with Crippen molar-refractivity contribution in [3.05, 3.63) is 45.7 Å². The summed E-state index contributed by atoms with van der Waals surface area (Å²) in [5.41, 5.74) is 2.48. The molecule has 0 radical (unpaired) electrons. The van der Waals surface area contributed by atoms with Gasteiger partial charge in [0.25, 0.3) is 0 Å². The lowest BCUT2D eigenvalue weighted by molar-refractivity contribution is 0.451. The van der Waals surface area contributed by atoms with Crippen LogP contribution in [-0.2, 0) is 23.6 Å². The summed E-state index contributed by atoms with van der Waals surface area (Å²) in [6, 6.07) is 5.45. The van der Waals surface area contributed by atoms with Gasteiger partial charge in [-0.15, -0.1) is 0 Å². The standard InChI is InChI=1S/C14H18BrN3O2S/c1-10-5-6-11(2)14(7-10)21(19,20)17(3)9-13-12(15)8-16-18(13)4/h5-8H,9H2,1-4H3. The van der Waals surface area contributed by atoms with E-state index >= 15 is 0 Å². The molecule has 0 saturated heterocycles. The first-order chi connectivity index (χ1) is 9.73. The van der Waals surface area contributed by atoms with Gasteiger partial charge >= 0.3 is 0 Å². The van der Waals surface area contributed by atoms with E-state index in [1.807, 2.05) is 19.1 Å². The third-order valence-corrected chi connectivity index (χ3v) is 6.02. The highest BCUT2D eigenvalue weighted by molar-refractivity contribution is 9.10. The van der Waals surface area contributed by atoms with Gasteiger partial charge in [-0.25, -0.2) is 8.42 Å². The molecule has 0 spiro atoms. The Balaban J connectivity index is 2.37. The summed E-state index contributed by atoms with van der Waals surface area (Å²) in [5.74, 6) is 0. The van der Waals surface area contributed by atoms with Crippen molar-refractivity contribution < 1.29 is 8.42 Å². The first-order valence-corrected chi connectivity index (χ1v) is 8.66. The molecule has 2 aromatic rings. The predicted octanol–water partition coefficient (Wildman–Crippen LogP) is 2.62. The Morgan fingerprint density at radius 1 is 1.33 bits per heavy atom. The van der Waals surface area contributed by atoms with E-state index < -0.39 is 10.0 Å². The van der Waals surface area contributed by atoms with Crippen LogP contribution in [0, 0.1) is 13.8 Å². The molecule has 0 amide bonds. The van der Waals surface area contributed by atoms with E-state index in [0.29, 0.717) is 4.90 Å². The lowest BCUT2D eigenvalue weighted by Gasteiger charge is -2.19. The third kappa shape index (κ3) is 3.20. The van der Waals surface area contributed by atoms with Crippen molar-refractivity contribution in [1.82, 2.24) is 14.1 Å². The van der Waals surface area contributed by atoms with Crippen LogP contribution in [-0.4, -0.2) is 29.6 Å². The normalized spacial score (nSPS) is 12.1. The smallest absolute Gasteiger partial charge is 0.243 e. The van der Waals surface area contributed by atoms with Crippen molar-refractivity contribution >= 4 is 26.0 Å². The molecule has 0 aliphatic carbocycles. The van der Waals surface area contributed by atoms with Gasteiger partial charge in [0.2, 0.25) is 10.0 Å². The summed E-state index contributed by atoms with van der Waals surface area (Å²) in [4.78, 5) is 0.350. The van der Waals surface area contributed by atoms with E-state index in [0.717, 1.165) is 21.3 Å². The summed E-state index contributed by atoms with van der Waals surface area (Å²) in [7, 11) is -0.160. The summed E-state index contributed by atoms with van der Waals surface area (Å²) >= 11 is 3.39. The van der Waals surface area contributed by atoms with Gasteiger partial charge in [-0.05, 0) is 47.0 Å². The molecule has 1 aromatic carbocycles. The number of nitrogens with zero attached hydrogens (tertiary/aromatic N) is 3. The number of aromatic nitrogens is 2. The number of hydrogen-bond donors (Lipinski definition) is 0. The molecule has 0 fully saturated rings.